The van der Waals surface area contributed by atoms with Gasteiger partial charge < -0.3 is 20.3 Å². The lowest BCUT2D eigenvalue weighted by atomic mass is 10.1. The predicted molar refractivity (Wildman–Crippen MR) is 123 cm³/mol. The molecule has 3 amide bonds. The monoisotopic (exact) mass is 444 g/mol. The van der Waals surface area contributed by atoms with Gasteiger partial charge in [0.05, 0.1) is 7.11 Å². The molecule has 1 fully saturated rings. The number of nitrogens with one attached hydrogen (secondary N) is 2. The molecule has 0 aromatic heterocycles. The number of benzene rings is 2. The molecule has 0 atom stereocenters. The van der Waals surface area contributed by atoms with Crippen molar-refractivity contribution in [1.29, 1.82) is 0 Å². The van der Waals surface area contributed by atoms with Gasteiger partial charge in [-0.05, 0) is 56.3 Å². The smallest absolute Gasteiger partial charge is 0.319 e. The highest BCUT2D eigenvalue weighted by Gasteiger charge is 2.23. The van der Waals surface area contributed by atoms with Crippen LogP contribution in [0.1, 0.15) is 29.8 Å². The number of carbonyl (C=O) groups excluding carboxylic acids is 2. The van der Waals surface area contributed by atoms with E-state index in [0.717, 1.165) is 30.9 Å². The van der Waals surface area contributed by atoms with E-state index in [0.29, 0.717) is 29.4 Å². The second-order valence-electron chi connectivity index (χ2n) is 7.86. The lowest BCUT2D eigenvalue weighted by Gasteiger charge is -2.35. The minimum atomic E-state index is -0.262. The Morgan fingerprint density at radius 1 is 1.06 bits per heavy atom. The maximum atomic E-state index is 12.9. The van der Waals surface area contributed by atoms with Crippen molar-refractivity contribution in [3.05, 3.63) is 58.6 Å². The molecule has 0 unspecified atom stereocenters. The van der Waals surface area contributed by atoms with E-state index in [-0.39, 0.29) is 18.0 Å². The number of ether oxygens (including phenoxy) is 1. The lowest BCUT2D eigenvalue weighted by molar-refractivity contribution is 0.0627. The van der Waals surface area contributed by atoms with Gasteiger partial charge in [-0.25, -0.2) is 4.79 Å². The molecule has 0 saturated carbocycles. The number of amides is 3. The predicted octanol–water partition coefficient (Wildman–Crippen LogP) is 3.84. The largest absolute Gasteiger partial charge is 0.496 e. The first-order valence-corrected chi connectivity index (χ1v) is 10.7. The topological polar surface area (TPSA) is 73.9 Å². The Bertz CT molecular complexity index is 910. The number of piperazine rings is 1. The molecule has 2 aromatic rings. The van der Waals surface area contributed by atoms with Crippen molar-refractivity contribution in [2.45, 2.75) is 26.4 Å². The molecule has 1 aliphatic rings. The summed E-state index contributed by atoms with van der Waals surface area (Å²) in [4.78, 5) is 28.8. The fourth-order valence-corrected chi connectivity index (χ4v) is 3.72. The highest BCUT2D eigenvalue weighted by atomic mass is 35.5. The molecule has 8 heteroatoms. The van der Waals surface area contributed by atoms with Gasteiger partial charge in [0, 0.05) is 60.6 Å². The summed E-state index contributed by atoms with van der Waals surface area (Å²) in [7, 11) is 1.65. The zero-order chi connectivity index (χ0) is 22.4. The van der Waals surface area contributed by atoms with Gasteiger partial charge in [0.2, 0.25) is 0 Å². The fourth-order valence-electron chi connectivity index (χ4n) is 3.53. The van der Waals surface area contributed by atoms with Gasteiger partial charge in [-0.3, -0.25) is 9.69 Å². The second-order valence-corrected chi connectivity index (χ2v) is 8.29. The molecule has 0 aliphatic carbocycles. The van der Waals surface area contributed by atoms with Gasteiger partial charge in [-0.15, -0.1) is 0 Å². The Hall–Kier alpha value is -2.77. The van der Waals surface area contributed by atoms with Crippen molar-refractivity contribution < 1.29 is 14.3 Å². The van der Waals surface area contributed by atoms with Gasteiger partial charge in [-0.2, -0.15) is 0 Å². The molecule has 1 heterocycles. The van der Waals surface area contributed by atoms with Crippen LogP contribution in [0.5, 0.6) is 5.75 Å². The summed E-state index contributed by atoms with van der Waals surface area (Å²) in [5, 5.41) is 6.21. The molecule has 31 heavy (non-hydrogen) atoms. The number of methoxy groups -OCH3 is 1. The van der Waals surface area contributed by atoms with Gasteiger partial charge >= 0.3 is 6.03 Å². The molecule has 7 nitrogen and oxygen atoms in total. The van der Waals surface area contributed by atoms with Crippen molar-refractivity contribution >= 4 is 29.2 Å². The maximum absolute atomic E-state index is 12.9. The van der Waals surface area contributed by atoms with Crippen LogP contribution in [0.15, 0.2) is 42.5 Å². The highest BCUT2D eigenvalue weighted by molar-refractivity contribution is 6.30. The first-order valence-electron chi connectivity index (χ1n) is 10.4. The maximum Gasteiger partial charge on any atom is 0.319 e. The van der Waals surface area contributed by atoms with E-state index in [4.69, 9.17) is 16.3 Å². The molecule has 1 saturated heterocycles. The summed E-state index contributed by atoms with van der Waals surface area (Å²) in [5.74, 6) is 0.817. The normalized spacial score (nSPS) is 14.4. The quantitative estimate of drug-likeness (QED) is 0.710. The fraction of sp³-hybridized carbons (Fsp3) is 0.391. The molecular weight excluding hydrogens is 416 g/mol. The van der Waals surface area contributed by atoms with Crippen molar-refractivity contribution in [2.75, 3.05) is 38.6 Å². The van der Waals surface area contributed by atoms with Gasteiger partial charge in [0.15, 0.2) is 0 Å². The van der Waals surface area contributed by atoms with Crippen LogP contribution < -0.4 is 15.4 Å². The van der Waals surface area contributed by atoms with E-state index in [1.807, 2.05) is 36.9 Å². The van der Waals surface area contributed by atoms with E-state index in [9.17, 15) is 9.59 Å². The molecule has 0 bridgehead atoms. The van der Waals surface area contributed by atoms with Crippen molar-refractivity contribution in [3.8, 4) is 5.75 Å². The van der Waals surface area contributed by atoms with E-state index < -0.39 is 0 Å². The molecule has 0 radical (unpaired) electrons. The summed E-state index contributed by atoms with van der Waals surface area (Å²) in [6.45, 7) is 7.37. The van der Waals surface area contributed by atoms with Crippen LogP contribution in [0.4, 0.5) is 10.5 Å². The molecule has 166 valence electrons. The van der Waals surface area contributed by atoms with Crippen LogP contribution in [0.2, 0.25) is 5.02 Å². The summed E-state index contributed by atoms with van der Waals surface area (Å²) >= 11 is 6.13. The van der Waals surface area contributed by atoms with E-state index in [2.05, 4.69) is 15.5 Å². The number of urea groups is 1. The third-order valence-corrected chi connectivity index (χ3v) is 5.34. The van der Waals surface area contributed by atoms with E-state index in [1.165, 1.54) is 0 Å². The second kappa shape index (κ2) is 10.5. The average Bonchev–Trinajstić information content (AvgIpc) is 2.74. The first kappa shape index (κ1) is 22.9. The Morgan fingerprint density at radius 2 is 1.74 bits per heavy atom. The van der Waals surface area contributed by atoms with Crippen LogP contribution in [0.3, 0.4) is 0 Å². The van der Waals surface area contributed by atoms with Gasteiger partial charge in [0.1, 0.15) is 5.75 Å². The Balaban J connectivity index is 1.53. The van der Waals surface area contributed by atoms with Crippen molar-refractivity contribution in [3.63, 3.8) is 0 Å². The van der Waals surface area contributed by atoms with Gasteiger partial charge in [0.25, 0.3) is 5.91 Å². The van der Waals surface area contributed by atoms with E-state index in [1.54, 1.807) is 31.4 Å². The number of anilines is 1. The molecule has 0 spiro atoms. The molecule has 3 rings (SSSR count). The Kier molecular flexibility index (Phi) is 7.76. The van der Waals surface area contributed by atoms with Crippen LogP contribution in [-0.2, 0) is 6.54 Å². The standard InChI is InChI=1S/C23H29ClN4O3/c1-16(2)25-23(30)26-20-7-4-17(5-8-20)22(29)28-12-10-27(11-13-28)15-18-14-19(24)6-9-21(18)31-3/h4-9,14,16H,10-13,15H2,1-3H3,(H2,25,26,30). The van der Waals surface area contributed by atoms with Crippen molar-refractivity contribution in [2.24, 2.45) is 0 Å². The molecule has 2 N–H and O–H groups in total. The number of hydrogen-bond donors (Lipinski definition) is 2. The highest BCUT2D eigenvalue weighted by Crippen LogP contribution is 2.24. The molecule has 1 aliphatic heterocycles. The minimum absolute atomic E-state index is 0.00170. The summed E-state index contributed by atoms with van der Waals surface area (Å²) < 4.78 is 5.43. The molecule has 2 aromatic carbocycles. The summed E-state index contributed by atoms with van der Waals surface area (Å²) in [6, 6.07) is 12.4. The van der Waals surface area contributed by atoms with Crippen LogP contribution in [0.25, 0.3) is 0 Å². The van der Waals surface area contributed by atoms with Crippen LogP contribution in [0, 0.1) is 0 Å². The number of halogens is 1. The SMILES string of the molecule is COc1ccc(Cl)cc1CN1CCN(C(=O)c2ccc(NC(=O)NC(C)C)cc2)CC1. The summed E-state index contributed by atoms with van der Waals surface area (Å²) in [6.07, 6.45) is 0. The number of rotatable bonds is 6. The Morgan fingerprint density at radius 3 is 2.35 bits per heavy atom. The third-order valence-electron chi connectivity index (χ3n) is 5.11. The van der Waals surface area contributed by atoms with Crippen LogP contribution >= 0.6 is 11.6 Å². The Labute approximate surface area is 188 Å². The minimum Gasteiger partial charge on any atom is -0.496 e. The zero-order valence-corrected chi connectivity index (χ0v) is 18.9. The van der Waals surface area contributed by atoms with Gasteiger partial charge in [-0.1, -0.05) is 11.6 Å². The average molecular weight is 445 g/mol. The first-order chi connectivity index (χ1) is 14.9. The van der Waals surface area contributed by atoms with Crippen molar-refractivity contribution in [1.82, 2.24) is 15.1 Å². The summed E-state index contributed by atoms with van der Waals surface area (Å²) in [5.41, 5.74) is 2.30. The van der Waals surface area contributed by atoms with E-state index >= 15 is 0 Å². The number of carbonyl (C=O) groups is 2. The number of nitrogens with zero attached hydrogens (tertiary/aromatic N) is 2. The molecular formula is C23H29ClN4O3. The zero-order valence-electron chi connectivity index (χ0n) is 18.2. The number of hydrogen-bond acceptors (Lipinski definition) is 4. The third kappa shape index (κ3) is 6.35. The lowest BCUT2D eigenvalue weighted by Crippen LogP contribution is -2.48. The van der Waals surface area contributed by atoms with Crippen LogP contribution in [-0.4, -0.2) is 61.1 Å².